The number of methoxy groups -OCH3 is 1. The lowest BCUT2D eigenvalue weighted by molar-refractivity contribution is -0.127. The first-order chi connectivity index (χ1) is 12.0. The molecule has 2 rings (SSSR count). The topological polar surface area (TPSA) is 96.9 Å². The molecule has 25 heavy (non-hydrogen) atoms. The Hall–Kier alpha value is -2.38. The molecule has 0 aliphatic carbocycles. The van der Waals surface area contributed by atoms with E-state index in [1.165, 1.54) is 6.92 Å². The minimum absolute atomic E-state index is 0.134. The standard InChI is InChI=1S/C18H24N2O5/c1-12(22)20-15-8-7-14(25-17(15)11-21)9-18(23)19-10-13-5-3-4-6-16(13)24-2/h3-8,14-15,17,21H,9-11H2,1-2H3,(H,19,23)(H,20,22)/t14-,15-,17+/m1/s1. The van der Waals surface area contributed by atoms with Crippen LogP contribution in [0.25, 0.3) is 0 Å². The van der Waals surface area contributed by atoms with Crippen molar-refractivity contribution in [1.29, 1.82) is 0 Å². The fourth-order valence-electron chi connectivity index (χ4n) is 2.67. The second-order valence-electron chi connectivity index (χ2n) is 5.80. The van der Waals surface area contributed by atoms with Crippen LogP contribution in [-0.2, 0) is 20.9 Å². The number of ether oxygens (including phenoxy) is 2. The van der Waals surface area contributed by atoms with Crippen LogP contribution in [0.5, 0.6) is 5.75 Å². The van der Waals surface area contributed by atoms with Crippen molar-refractivity contribution in [3.63, 3.8) is 0 Å². The van der Waals surface area contributed by atoms with Crippen LogP contribution in [0.4, 0.5) is 0 Å². The highest BCUT2D eigenvalue weighted by atomic mass is 16.5. The Kier molecular flexibility index (Phi) is 6.97. The van der Waals surface area contributed by atoms with E-state index in [4.69, 9.17) is 9.47 Å². The number of para-hydroxylation sites is 1. The third-order valence-electron chi connectivity index (χ3n) is 3.89. The Balaban J connectivity index is 1.87. The maximum atomic E-state index is 12.1. The van der Waals surface area contributed by atoms with E-state index in [0.29, 0.717) is 6.54 Å². The van der Waals surface area contributed by atoms with Crippen LogP contribution in [0.2, 0.25) is 0 Å². The summed E-state index contributed by atoms with van der Waals surface area (Å²) in [6, 6.07) is 7.07. The number of rotatable bonds is 7. The van der Waals surface area contributed by atoms with Crippen molar-refractivity contribution in [1.82, 2.24) is 10.6 Å². The largest absolute Gasteiger partial charge is 0.496 e. The summed E-state index contributed by atoms with van der Waals surface area (Å²) in [4.78, 5) is 23.3. The van der Waals surface area contributed by atoms with Crippen molar-refractivity contribution < 1.29 is 24.2 Å². The third kappa shape index (κ3) is 5.58. The number of aliphatic hydroxyl groups is 1. The maximum Gasteiger partial charge on any atom is 0.223 e. The highest BCUT2D eigenvalue weighted by molar-refractivity contribution is 5.77. The molecular formula is C18H24N2O5. The number of carbonyl (C=O) groups excluding carboxylic acids is 2. The molecular weight excluding hydrogens is 324 g/mol. The smallest absolute Gasteiger partial charge is 0.223 e. The molecule has 3 atom stereocenters. The second kappa shape index (κ2) is 9.19. The molecule has 1 aliphatic rings. The first-order valence-corrected chi connectivity index (χ1v) is 8.13. The van der Waals surface area contributed by atoms with Crippen LogP contribution in [0.3, 0.4) is 0 Å². The molecule has 136 valence electrons. The molecule has 0 aromatic heterocycles. The number of hydrogen-bond donors (Lipinski definition) is 3. The summed E-state index contributed by atoms with van der Waals surface area (Å²) in [5, 5.41) is 14.9. The average Bonchev–Trinajstić information content (AvgIpc) is 2.61. The van der Waals surface area contributed by atoms with Gasteiger partial charge in [-0.2, -0.15) is 0 Å². The van der Waals surface area contributed by atoms with Gasteiger partial charge in [-0.05, 0) is 6.07 Å². The first-order valence-electron chi connectivity index (χ1n) is 8.13. The van der Waals surface area contributed by atoms with Crippen LogP contribution >= 0.6 is 0 Å². The number of benzene rings is 1. The molecule has 1 aliphatic heterocycles. The van der Waals surface area contributed by atoms with Gasteiger partial charge in [-0.25, -0.2) is 0 Å². The summed E-state index contributed by atoms with van der Waals surface area (Å²) >= 11 is 0. The molecule has 0 spiro atoms. The van der Waals surface area contributed by atoms with Gasteiger partial charge in [0.15, 0.2) is 0 Å². The molecule has 2 amide bonds. The quantitative estimate of drug-likeness (QED) is 0.624. The summed E-state index contributed by atoms with van der Waals surface area (Å²) in [5.74, 6) is 0.343. The zero-order valence-corrected chi connectivity index (χ0v) is 14.4. The van der Waals surface area contributed by atoms with Crippen molar-refractivity contribution >= 4 is 11.8 Å². The molecule has 0 saturated carbocycles. The van der Waals surface area contributed by atoms with Gasteiger partial charge in [0.2, 0.25) is 11.8 Å². The summed E-state index contributed by atoms with van der Waals surface area (Å²) in [6.45, 7) is 1.52. The lowest BCUT2D eigenvalue weighted by Crippen LogP contribution is -2.48. The Labute approximate surface area is 147 Å². The van der Waals surface area contributed by atoms with E-state index in [1.54, 1.807) is 19.3 Å². The van der Waals surface area contributed by atoms with Crippen LogP contribution < -0.4 is 15.4 Å². The summed E-state index contributed by atoms with van der Waals surface area (Å²) in [5.41, 5.74) is 0.886. The van der Waals surface area contributed by atoms with E-state index < -0.39 is 18.2 Å². The normalized spacial score (nSPS) is 22.3. The highest BCUT2D eigenvalue weighted by Crippen LogP contribution is 2.18. The van der Waals surface area contributed by atoms with Gasteiger partial charge in [0.1, 0.15) is 11.9 Å². The van der Waals surface area contributed by atoms with E-state index >= 15 is 0 Å². The Morgan fingerprint density at radius 2 is 2.04 bits per heavy atom. The van der Waals surface area contributed by atoms with E-state index in [0.717, 1.165) is 11.3 Å². The van der Waals surface area contributed by atoms with E-state index in [1.807, 2.05) is 24.3 Å². The number of nitrogens with one attached hydrogen (secondary N) is 2. The van der Waals surface area contributed by atoms with Crippen molar-refractivity contribution in [3.05, 3.63) is 42.0 Å². The van der Waals surface area contributed by atoms with Crippen LogP contribution in [0.15, 0.2) is 36.4 Å². The summed E-state index contributed by atoms with van der Waals surface area (Å²) in [7, 11) is 1.59. The van der Waals surface area contributed by atoms with E-state index in [-0.39, 0.29) is 24.8 Å². The molecule has 0 bridgehead atoms. The van der Waals surface area contributed by atoms with Gasteiger partial charge < -0.3 is 25.2 Å². The molecule has 0 saturated heterocycles. The number of hydrogen-bond acceptors (Lipinski definition) is 5. The van der Waals surface area contributed by atoms with E-state index in [9.17, 15) is 14.7 Å². The molecule has 0 fully saturated rings. The zero-order valence-electron chi connectivity index (χ0n) is 14.4. The van der Waals surface area contributed by atoms with Gasteiger partial charge in [-0.1, -0.05) is 30.4 Å². The second-order valence-corrected chi connectivity index (χ2v) is 5.80. The van der Waals surface area contributed by atoms with Crippen molar-refractivity contribution in [2.24, 2.45) is 0 Å². The predicted molar refractivity (Wildman–Crippen MR) is 91.9 cm³/mol. The number of carbonyl (C=O) groups is 2. The minimum Gasteiger partial charge on any atom is -0.496 e. The molecule has 0 radical (unpaired) electrons. The molecule has 1 heterocycles. The fourth-order valence-corrected chi connectivity index (χ4v) is 2.67. The van der Waals surface area contributed by atoms with Gasteiger partial charge in [0.25, 0.3) is 0 Å². The molecule has 0 unspecified atom stereocenters. The SMILES string of the molecule is COc1ccccc1CNC(=O)C[C@H]1C=C[C@@H](NC(C)=O)[C@H](CO)O1. The van der Waals surface area contributed by atoms with Crippen molar-refractivity contribution in [2.75, 3.05) is 13.7 Å². The zero-order chi connectivity index (χ0) is 18.2. The Morgan fingerprint density at radius 1 is 1.28 bits per heavy atom. The number of amides is 2. The lowest BCUT2D eigenvalue weighted by Gasteiger charge is -2.31. The Morgan fingerprint density at radius 3 is 2.72 bits per heavy atom. The van der Waals surface area contributed by atoms with Gasteiger partial charge >= 0.3 is 0 Å². The Bertz CT molecular complexity index is 632. The number of aliphatic hydroxyl groups excluding tert-OH is 1. The fraction of sp³-hybridized carbons (Fsp3) is 0.444. The van der Waals surface area contributed by atoms with E-state index in [2.05, 4.69) is 10.6 Å². The summed E-state index contributed by atoms with van der Waals surface area (Å²) < 4.78 is 10.9. The predicted octanol–water partition coefficient (Wildman–Crippen LogP) is 0.522. The van der Waals surface area contributed by atoms with Gasteiger partial charge in [-0.3, -0.25) is 9.59 Å². The first kappa shape index (κ1) is 19.0. The van der Waals surface area contributed by atoms with Crippen LogP contribution in [0, 0.1) is 0 Å². The van der Waals surface area contributed by atoms with Crippen LogP contribution in [-0.4, -0.2) is 48.9 Å². The summed E-state index contributed by atoms with van der Waals surface area (Å²) in [6.07, 6.45) is 2.61. The van der Waals surface area contributed by atoms with Crippen molar-refractivity contribution in [3.8, 4) is 5.75 Å². The molecule has 1 aromatic rings. The highest BCUT2D eigenvalue weighted by Gasteiger charge is 2.28. The molecule has 1 aromatic carbocycles. The average molecular weight is 348 g/mol. The molecule has 3 N–H and O–H groups in total. The van der Waals surface area contributed by atoms with Crippen molar-refractivity contribution in [2.45, 2.75) is 38.1 Å². The third-order valence-corrected chi connectivity index (χ3v) is 3.89. The van der Waals surface area contributed by atoms with Gasteiger partial charge in [-0.15, -0.1) is 0 Å². The monoisotopic (exact) mass is 348 g/mol. The lowest BCUT2D eigenvalue weighted by atomic mass is 10.0. The van der Waals surface area contributed by atoms with Gasteiger partial charge in [0.05, 0.1) is 32.3 Å². The van der Waals surface area contributed by atoms with Crippen LogP contribution in [0.1, 0.15) is 18.9 Å². The molecule has 7 heteroatoms. The maximum absolute atomic E-state index is 12.1. The molecule has 7 nitrogen and oxygen atoms in total. The van der Waals surface area contributed by atoms with Gasteiger partial charge in [0, 0.05) is 19.0 Å². The minimum atomic E-state index is -0.569.